The standard InChI is InChI=1S/C20H10BrF2N3O/c21-9-4-5-10-12(8-9)15-11(6-7-24-20(15)27)18-17(10)25-19(26-18)16-13(22)2-1-3-14(16)23/h1-8H,(H,24,27)(H,25,26). The molecule has 5 rings (SSSR count). The molecule has 0 unspecified atom stereocenters. The Morgan fingerprint density at radius 2 is 1.74 bits per heavy atom. The Kier molecular flexibility index (Phi) is 3.42. The maximum Gasteiger partial charge on any atom is 0.256 e. The maximum atomic E-state index is 14.2. The van der Waals surface area contributed by atoms with E-state index in [-0.39, 0.29) is 16.9 Å². The molecule has 0 amide bonds. The number of fused-ring (bicyclic) bond motifs is 6. The molecule has 0 atom stereocenters. The summed E-state index contributed by atoms with van der Waals surface area (Å²) in [4.78, 5) is 22.7. The van der Waals surface area contributed by atoms with Crippen LogP contribution in [0.3, 0.4) is 0 Å². The molecule has 0 bridgehead atoms. The number of nitrogens with zero attached hydrogens (tertiary/aromatic N) is 1. The van der Waals surface area contributed by atoms with Crippen LogP contribution in [0, 0.1) is 11.6 Å². The molecule has 132 valence electrons. The second-order valence-corrected chi connectivity index (χ2v) is 7.11. The van der Waals surface area contributed by atoms with Gasteiger partial charge in [0.1, 0.15) is 17.5 Å². The van der Waals surface area contributed by atoms with Crippen LogP contribution in [0.5, 0.6) is 0 Å². The number of halogens is 3. The van der Waals surface area contributed by atoms with Gasteiger partial charge in [-0.15, -0.1) is 0 Å². The monoisotopic (exact) mass is 425 g/mol. The van der Waals surface area contributed by atoms with Crippen molar-refractivity contribution in [1.82, 2.24) is 15.0 Å². The van der Waals surface area contributed by atoms with Gasteiger partial charge in [0, 0.05) is 21.4 Å². The molecular weight excluding hydrogens is 416 g/mol. The lowest BCUT2D eigenvalue weighted by atomic mass is 10.0. The predicted octanol–water partition coefficient (Wildman–Crippen LogP) is 5.27. The second-order valence-electron chi connectivity index (χ2n) is 6.19. The maximum absolute atomic E-state index is 14.2. The Labute approximate surface area is 159 Å². The van der Waals surface area contributed by atoms with E-state index in [9.17, 15) is 13.6 Å². The number of H-pyrrole nitrogens is 2. The summed E-state index contributed by atoms with van der Waals surface area (Å²) in [6, 6.07) is 10.9. The van der Waals surface area contributed by atoms with Gasteiger partial charge in [0.05, 0.1) is 22.0 Å². The van der Waals surface area contributed by atoms with Gasteiger partial charge in [-0.05, 0) is 35.7 Å². The molecular formula is C20H10BrF2N3O. The zero-order chi connectivity index (χ0) is 18.7. The van der Waals surface area contributed by atoms with Gasteiger partial charge in [-0.3, -0.25) is 4.79 Å². The first-order chi connectivity index (χ1) is 13.0. The highest BCUT2D eigenvalue weighted by atomic mass is 79.9. The van der Waals surface area contributed by atoms with Crippen molar-refractivity contribution in [2.45, 2.75) is 0 Å². The van der Waals surface area contributed by atoms with Crippen LogP contribution in [-0.2, 0) is 0 Å². The van der Waals surface area contributed by atoms with Crippen molar-refractivity contribution in [2.24, 2.45) is 0 Å². The van der Waals surface area contributed by atoms with Gasteiger partial charge >= 0.3 is 0 Å². The molecule has 7 heteroatoms. The molecule has 0 aliphatic rings. The number of nitrogens with one attached hydrogen (secondary N) is 2. The highest BCUT2D eigenvalue weighted by Crippen LogP contribution is 2.35. The summed E-state index contributed by atoms with van der Waals surface area (Å²) in [7, 11) is 0. The molecule has 4 nitrogen and oxygen atoms in total. The highest BCUT2D eigenvalue weighted by molar-refractivity contribution is 9.10. The fourth-order valence-corrected chi connectivity index (χ4v) is 3.85. The summed E-state index contributed by atoms with van der Waals surface area (Å²) in [5.74, 6) is -1.33. The van der Waals surface area contributed by atoms with Gasteiger partial charge in [-0.1, -0.05) is 28.1 Å². The minimum absolute atomic E-state index is 0.0811. The lowest BCUT2D eigenvalue weighted by Crippen LogP contribution is -2.05. The summed E-state index contributed by atoms with van der Waals surface area (Å²) in [6.07, 6.45) is 1.53. The van der Waals surface area contributed by atoms with Crippen LogP contribution in [0.25, 0.3) is 44.0 Å². The molecule has 2 aromatic heterocycles. The first-order valence-corrected chi connectivity index (χ1v) is 8.90. The van der Waals surface area contributed by atoms with Crippen LogP contribution < -0.4 is 5.56 Å². The molecule has 0 spiro atoms. The summed E-state index contributed by atoms with van der Waals surface area (Å²) in [5, 5.41) is 2.55. The van der Waals surface area contributed by atoms with E-state index in [2.05, 4.69) is 30.9 Å². The topological polar surface area (TPSA) is 61.5 Å². The number of aromatic amines is 2. The molecule has 3 aromatic carbocycles. The van der Waals surface area contributed by atoms with Crippen molar-refractivity contribution in [3.63, 3.8) is 0 Å². The smallest absolute Gasteiger partial charge is 0.256 e. The fourth-order valence-electron chi connectivity index (χ4n) is 3.49. The first kappa shape index (κ1) is 16.1. The summed E-state index contributed by atoms with van der Waals surface area (Å²) in [6.45, 7) is 0. The van der Waals surface area contributed by atoms with Gasteiger partial charge < -0.3 is 9.97 Å². The number of benzene rings is 3. The molecule has 0 saturated carbocycles. The Balaban J connectivity index is 2.02. The molecule has 0 saturated heterocycles. The molecule has 27 heavy (non-hydrogen) atoms. The Hall–Kier alpha value is -3.06. The molecule has 0 aliphatic carbocycles. The SMILES string of the molecule is O=c1[nH]ccc2c3nc(-c4c(F)cccc4F)[nH]c3c3ccc(Br)cc3c12. The number of rotatable bonds is 1. The number of imidazole rings is 1. The predicted molar refractivity (Wildman–Crippen MR) is 105 cm³/mol. The zero-order valence-corrected chi connectivity index (χ0v) is 15.2. The Morgan fingerprint density at radius 1 is 0.963 bits per heavy atom. The largest absolute Gasteiger partial charge is 0.337 e. The van der Waals surface area contributed by atoms with Crippen molar-refractivity contribution in [3.05, 3.63) is 75.1 Å². The number of pyridine rings is 1. The van der Waals surface area contributed by atoms with Gasteiger partial charge in [0.2, 0.25) is 0 Å². The Morgan fingerprint density at radius 3 is 2.52 bits per heavy atom. The van der Waals surface area contributed by atoms with Crippen LogP contribution in [-0.4, -0.2) is 15.0 Å². The van der Waals surface area contributed by atoms with E-state index in [0.29, 0.717) is 21.8 Å². The fraction of sp³-hybridized carbons (Fsp3) is 0. The third kappa shape index (κ3) is 2.31. The van der Waals surface area contributed by atoms with Crippen LogP contribution in [0.1, 0.15) is 0 Å². The van der Waals surface area contributed by atoms with Crippen molar-refractivity contribution < 1.29 is 8.78 Å². The molecule has 0 fully saturated rings. The third-order valence-corrected chi connectivity index (χ3v) is 5.13. The second kappa shape index (κ2) is 5.72. The molecule has 2 heterocycles. The normalized spacial score (nSPS) is 11.7. The molecule has 2 N–H and O–H groups in total. The number of aromatic nitrogens is 3. The minimum atomic E-state index is -0.705. The summed E-state index contributed by atoms with van der Waals surface area (Å²) in [5.41, 5.74) is 0.632. The van der Waals surface area contributed by atoms with Crippen LogP contribution in [0.15, 0.2) is 57.9 Å². The summed E-state index contributed by atoms with van der Waals surface area (Å²) < 4.78 is 29.3. The minimum Gasteiger partial charge on any atom is -0.337 e. The highest BCUT2D eigenvalue weighted by Gasteiger charge is 2.19. The van der Waals surface area contributed by atoms with Gasteiger partial charge in [-0.2, -0.15) is 0 Å². The van der Waals surface area contributed by atoms with Gasteiger partial charge in [0.25, 0.3) is 5.56 Å². The average molecular weight is 426 g/mol. The van der Waals surface area contributed by atoms with E-state index in [4.69, 9.17) is 0 Å². The first-order valence-electron chi connectivity index (χ1n) is 8.11. The van der Waals surface area contributed by atoms with Crippen LogP contribution in [0.4, 0.5) is 8.78 Å². The van der Waals surface area contributed by atoms with Crippen molar-refractivity contribution in [1.29, 1.82) is 0 Å². The zero-order valence-electron chi connectivity index (χ0n) is 13.6. The third-order valence-electron chi connectivity index (χ3n) is 4.64. The van der Waals surface area contributed by atoms with Crippen LogP contribution in [0.2, 0.25) is 0 Å². The lowest BCUT2D eigenvalue weighted by Gasteiger charge is -2.05. The average Bonchev–Trinajstić information content (AvgIpc) is 3.06. The van der Waals surface area contributed by atoms with Gasteiger partial charge in [0.15, 0.2) is 0 Å². The number of hydrogen-bond acceptors (Lipinski definition) is 2. The van der Waals surface area contributed by atoms with Crippen molar-refractivity contribution in [3.8, 4) is 11.4 Å². The van der Waals surface area contributed by atoms with Crippen molar-refractivity contribution >= 4 is 48.5 Å². The molecule has 0 aliphatic heterocycles. The molecule has 0 radical (unpaired) electrons. The molecule has 5 aromatic rings. The van der Waals surface area contributed by atoms with Crippen molar-refractivity contribution in [2.75, 3.05) is 0 Å². The van der Waals surface area contributed by atoms with Gasteiger partial charge in [-0.25, -0.2) is 13.8 Å². The van der Waals surface area contributed by atoms with E-state index in [0.717, 1.165) is 15.2 Å². The quantitative estimate of drug-likeness (QED) is 0.359. The van der Waals surface area contributed by atoms with E-state index >= 15 is 0 Å². The van der Waals surface area contributed by atoms with E-state index in [1.165, 1.54) is 24.4 Å². The summed E-state index contributed by atoms with van der Waals surface area (Å²) >= 11 is 3.43. The van der Waals surface area contributed by atoms with E-state index < -0.39 is 11.6 Å². The van der Waals surface area contributed by atoms with E-state index in [1.807, 2.05) is 18.2 Å². The van der Waals surface area contributed by atoms with E-state index in [1.54, 1.807) is 6.07 Å². The number of hydrogen-bond donors (Lipinski definition) is 2. The Bertz CT molecular complexity index is 1420. The van der Waals surface area contributed by atoms with Crippen LogP contribution >= 0.6 is 15.9 Å². The lowest BCUT2D eigenvalue weighted by molar-refractivity contribution is 0.588.